The van der Waals surface area contributed by atoms with E-state index in [1.54, 1.807) is 0 Å². The average Bonchev–Trinajstić information content (AvgIpc) is 3.25. The van der Waals surface area contributed by atoms with Crippen molar-refractivity contribution in [3.8, 4) is 0 Å². The zero-order chi connectivity index (χ0) is 19.1. The zero-order valence-corrected chi connectivity index (χ0v) is 17.3. The van der Waals surface area contributed by atoms with Crippen LogP contribution in [0.3, 0.4) is 0 Å². The molecule has 1 aromatic carbocycles. The molecule has 0 radical (unpaired) electrons. The van der Waals surface area contributed by atoms with Gasteiger partial charge in [0.15, 0.2) is 0 Å². The maximum Gasteiger partial charge on any atom is 0.115 e. The van der Waals surface area contributed by atoms with Gasteiger partial charge in [0.1, 0.15) is 5.82 Å². The van der Waals surface area contributed by atoms with E-state index in [-0.39, 0.29) is 0 Å². The molecule has 150 valence electrons. The van der Waals surface area contributed by atoms with Crippen LogP contribution in [-0.4, -0.2) is 47.2 Å². The number of likely N-dealkylation sites (tertiary alicyclic amines) is 1. The molecule has 28 heavy (non-hydrogen) atoms. The smallest absolute Gasteiger partial charge is 0.115 e. The number of nitrogens with zero attached hydrogens (tertiary/aromatic N) is 3. The van der Waals surface area contributed by atoms with Crippen molar-refractivity contribution in [3.05, 3.63) is 42.2 Å². The van der Waals surface area contributed by atoms with Crippen LogP contribution in [0.4, 0.5) is 0 Å². The lowest BCUT2D eigenvalue weighted by Gasteiger charge is -2.37. The lowest BCUT2D eigenvalue weighted by atomic mass is 9.90. The van der Waals surface area contributed by atoms with Gasteiger partial charge in [-0.15, -0.1) is 0 Å². The summed E-state index contributed by atoms with van der Waals surface area (Å²) in [6.07, 6.45) is 8.72. The Kier molecular flexibility index (Phi) is 5.02. The lowest BCUT2D eigenvalue weighted by molar-refractivity contribution is 0.152. The molecule has 3 heterocycles. The monoisotopic (exact) mass is 378 g/mol. The van der Waals surface area contributed by atoms with Crippen LogP contribution in [-0.2, 0) is 0 Å². The van der Waals surface area contributed by atoms with Crippen molar-refractivity contribution >= 4 is 11.0 Å². The van der Waals surface area contributed by atoms with Gasteiger partial charge in [-0.25, -0.2) is 4.98 Å². The summed E-state index contributed by atoms with van der Waals surface area (Å²) >= 11 is 0. The fourth-order valence-electron chi connectivity index (χ4n) is 5.45. The minimum Gasteiger partial charge on any atom is -0.324 e. The summed E-state index contributed by atoms with van der Waals surface area (Å²) in [4.78, 5) is 7.75. The number of nitrogens with one attached hydrogen (secondary N) is 1. The van der Waals surface area contributed by atoms with Gasteiger partial charge in [0.05, 0.1) is 11.0 Å². The first-order valence-electron chi connectivity index (χ1n) is 11.3. The van der Waals surface area contributed by atoms with Gasteiger partial charge < -0.3 is 14.8 Å². The highest BCUT2D eigenvalue weighted by atomic mass is 15.2. The summed E-state index contributed by atoms with van der Waals surface area (Å²) in [7, 11) is 0. The highest BCUT2D eigenvalue weighted by Gasteiger charge is 2.31. The van der Waals surface area contributed by atoms with E-state index >= 15 is 0 Å². The van der Waals surface area contributed by atoms with Gasteiger partial charge in [0.25, 0.3) is 0 Å². The topological polar surface area (TPSA) is 33.1 Å². The van der Waals surface area contributed by atoms with E-state index in [1.165, 1.54) is 55.8 Å². The molecular weight excluding hydrogens is 344 g/mol. The number of allylic oxidation sites excluding steroid dienone is 2. The quantitative estimate of drug-likeness (QED) is 0.791. The molecule has 4 heteroatoms. The molecule has 1 aromatic heterocycles. The molecular formula is C24H34N4. The number of hydrogen-bond donors (Lipinski definition) is 1. The molecule has 0 saturated carbocycles. The van der Waals surface area contributed by atoms with Gasteiger partial charge in [0, 0.05) is 44.7 Å². The Balaban J connectivity index is 1.27. The number of benzene rings is 1. The first-order valence-corrected chi connectivity index (χ1v) is 11.3. The number of aromatic nitrogens is 2. The van der Waals surface area contributed by atoms with Crippen molar-refractivity contribution < 1.29 is 0 Å². The molecule has 0 bridgehead atoms. The maximum absolute atomic E-state index is 5.04. The van der Waals surface area contributed by atoms with Gasteiger partial charge in [-0.3, -0.25) is 0 Å². The van der Waals surface area contributed by atoms with Crippen LogP contribution in [0.5, 0.6) is 0 Å². The first kappa shape index (κ1) is 18.4. The predicted molar refractivity (Wildman–Crippen MR) is 116 cm³/mol. The molecule has 1 N–H and O–H groups in total. The minimum atomic E-state index is 0.585. The number of imidazole rings is 1. The molecule has 0 spiro atoms. The third-order valence-corrected chi connectivity index (χ3v) is 7.30. The Labute approximate surface area is 169 Å². The SMILES string of the molecule is CC1C=CC(C(C)CN2CCC(n3c(C4CNC4)nc4ccccc43)CC2)C1. The molecule has 3 atom stereocenters. The number of para-hydroxylation sites is 2. The maximum atomic E-state index is 5.04. The van der Waals surface area contributed by atoms with Gasteiger partial charge in [-0.2, -0.15) is 0 Å². The Morgan fingerprint density at radius 3 is 2.61 bits per heavy atom. The van der Waals surface area contributed by atoms with Gasteiger partial charge >= 0.3 is 0 Å². The second-order valence-corrected chi connectivity index (χ2v) is 9.45. The standard InChI is InChI=1S/C24H34N4/c1-17-7-8-19(13-17)18(2)16-27-11-9-21(10-12-27)28-23-6-4-3-5-22(23)26-24(28)20-14-25-15-20/h3-8,17-21,25H,9-16H2,1-2H3. The Morgan fingerprint density at radius 2 is 1.93 bits per heavy atom. The van der Waals surface area contributed by atoms with E-state index in [4.69, 9.17) is 4.98 Å². The zero-order valence-electron chi connectivity index (χ0n) is 17.3. The predicted octanol–water partition coefficient (Wildman–Crippen LogP) is 4.21. The summed E-state index contributed by atoms with van der Waals surface area (Å²) in [5, 5.41) is 3.43. The molecule has 3 unspecified atom stereocenters. The highest BCUT2D eigenvalue weighted by Crippen LogP contribution is 2.34. The van der Waals surface area contributed by atoms with E-state index in [9.17, 15) is 0 Å². The Bertz CT molecular complexity index is 841. The minimum absolute atomic E-state index is 0.585. The van der Waals surface area contributed by atoms with Gasteiger partial charge in [-0.05, 0) is 49.1 Å². The number of piperidine rings is 1. The normalized spacial score (nSPS) is 28.1. The van der Waals surface area contributed by atoms with Crippen molar-refractivity contribution in [2.75, 3.05) is 32.7 Å². The van der Waals surface area contributed by atoms with E-state index in [1.807, 2.05) is 0 Å². The fourth-order valence-corrected chi connectivity index (χ4v) is 5.45. The number of rotatable bonds is 5. The summed E-state index contributed by atoms with van der Waals surface area (Å²) in [6.45, 7) is 10.6. The average molecular weight is 379 g/mol. The summed E-state index contributed by atoms with van der Waals surface area (Å²) in [5.74, 6) is 4.22. The third-order valence-electron chi connectivity index (χ3n) is 7.30. The third kappa shape index (κ3) is 3.42. The molecule has 2 aromatic rings. The van der Waals surface area contributed by atoms with E-state index in [0.717, 1.165) is 30.8 Å². The first-order chi connectivity index (χ1) is 13.7. The number of hydrogen-bond acceptors (Lipinski definition) is 3. The van der Waals surface area contributed by atoms with Crippen LogP contribution in [0.2, 0.25) is 0 Å². The van der Waals surface area contributed by atoms with E-state index < -0.39 is 0 Å². The molecule has 2 fully saturated rings. The highest BCUT2D eigenvalue weighted by molar-refractivity contribution is 5.76. The van der Waals surface area contributed by atoms with Crippen LogP contribution in [0.15, 0.2) is 36.4 Å². The molecule has 0 amide bonds. The largest absolute Gasteiger partial charge is 0.324 e. The van der Waals surface area contributed by atoms with Crippen molar-refractivity contribution in [1.29, 1.82) is 0 Å². The molecule has 5 rings (SSSR count). The molecule has 2 aliphatic heterocycles. The summed E-state index contributed by atoms with van der Waals surface area (Å²) in [5.41, 5.74) is 2.50. The Morgan fingerprint density at radius 1 is 1.14 bits per heavy atom. The second kappa shape index (κ2) is 7.64. The molecule has 1 aliphatic carbocycles. The van der Waals surface area contributed by atoms with Crippen molar-refractivity contribution in [2.24, 2.45) is 17.8 Å². The Hall–Kier alpha value is -1.65. The van der Waals surface area contributed by atoms with Crippen molar-refractivity contribution in [2.45, 2.75) is 45.1 Å². The second-order valence-electron chi connectivity index (χ2n) is 9.45. The molecule has 4 nitrogen and oxygen atoms in total. The summed E-state index contributed by atoms with van der Waals surface area (Å²) < 4.78 is 2.60. The van der Waals surface area contributed by atoms with E-state index in [2.05, 4.69) is 65.0 Å². The van der Waals surface area contributed by atoms with Crippen LogP contribution >= 0.6 is 0 Å². The van der Waals surface area contributed by atoms with E-state index in [0.29, 0.717) is 12.0 Å². The number of fused-ring (bicyclic) bond motifs is 1. The lowest BCUT2D eigenvalue weighted by Crippen LogP contribution is -2.43. The van der Waals surface area contributed by atoms with Gasteiger partial charge in [0.2, 0.25) is 0 Å². The molecule has 3 aliphatic rings. The van der Waals surface area contributed by atoms with Crippen LogP contribution < -0.4 is 5.32 Å². The van der Waals surface area contributed by atoms with Crippen LogP contribution in [0.1, 0.15) is 50.9 Å². The van der Waals surface area contributed by atoms with Gasteiger partial charge in [-0.1, -0.05) is 38.1 Å². The van der Waals surface area contributed by atoms with Crippen LogP contribution in [0.25, 0.3) is 11.0 Å². The van der Waals surface area contributed by atoms with Crippen LogP contribution in [0, 0.1) is 17.8 Å². The molecule has 2 saturated heterocycles. The fraction of sp³-hybridized carbons (Fsp3) is 0.625. The van der Waals surface area contributed by atoms with Crippen molar-refractivity contribution in [3.63, 3.8) is 0 Å². The summed E-state index contributed by atoms with van der Waals surface area (Å²) in [6, 6.07) is 9.32. The van der Waals surface area contributed by atoms with Crippen molar-refractivity contribution in [1.82, 2.24) is 19.8 Å².